The third kappa shape index (κ3) is 4.58. The largest absolute Gasteiger partial charge is 0.416 e. The average Bonchev–Trinajstić information content (AvgIpc) is 2.47. The van der Waals surface area contributed by atoms with E-state index in [4.69, 9.17) is 0 Å². The number of benzene rings is 2. The monoisotopic (exact) mass is 295 g/mol. The molecule has 0 aliphatic rings. The first-order valence-electron chi connectivity index (χ1n) is 6.56. The molecular weight excluding hydrogens is 279 g/mol. The van der Waals surface area contributed by atoms with Crippen molar-refractivity contribution in [2.75, 3.05) is 6.54 Å². The fraction of sp³-hybridized carbons (Fsp3) is 0.250. The predicted octanol–water partition coefficient (Wildman–Crippen LogP) is 3.53. The van der Waals surface area contributed by atoms with Crippen LogP contribution in [0.1, 0.15) is 22.8 Å². The quantitative estimate of drug-likeness (QED) is 0.884. The van der Waals surface area contributed by atoms with E-state index in [-0.39, 0.29) is 6.54 Å². The Labute approximate surface area is 121 Å². The first-order valence-corrected chi connectivity index (χ1v) is 6.56. The first kappa shape index (κ1) is 15.5. The molecule has 0 amide bonds. The Bertz CT molecular complexity index is 552. The molecule has 1 atom stereocenters. The summed E-state index contributed by atoms with van der Waals surface area (Å²) in [5, 5.41) is 13.0. The summed E-state index contributed by atoms with van der Waals surface area (Å²) in [6.07, 6.45) is -5.19. The molecule has 21 heavy (non-hydrogen) atoms. The van der Waals surface area contributed by atoms with E-state index in [1.54, 1.807) is 0 Å². The van der Waals surface area contributed by atoms with E-state index in [0.717, 1.165) is 17.7 Å². The average molecular weight is 295 g/mol. The van der Waals surface area contributed by atoms with Crippen LogP contribution in [0, 0.1) is 0 Å². The van der Waals surface area contributed by atoms with Crippen LogP contribution in [0.3, 0.4) is 0 Å². The molecule has 1 unspecified atom stereocenters. The summed E-state index contributed by atoms with van der Waals surface area (Å²) in [6.45, 7) is 0.874. The number of rotatable bonds is 5. The topological polar surface area (TPSA) is 32.3 Å². The number of aliphatic hydroxyl groups is 1. The van der Waals surface area contributed by atoms with Crippen LogP contribution in [0.25, 0.3) is 0 Å². The fourth-order valence-electron chi connectivity index (χ4n) is 1.96. The Morgan fingerprint density at radius 2 is 1.57 bits per heavy atom. The van der Waals surface area contributed by atoms with Crippen molar-refractivity contribution in [3.8, 4) is 0 Å². The van der Waals surface area contributed by atoms with Crippen LogP contribution in [0.15, 0.2) is 54.6 Å². The molecule has 0 radical (unpaired) electrons. The molecule has 2 nitrogen and oxygen atoms in total. The molecule has 2 aromatic carbocycles. The summed E-state index contributed by atoms with van der Waals surface area (Å²) in [4.78, 5) is 0. The van der Waals surface area contributed by atoms with Gasteiger partial charge in [-0.05, 0) is 23.3 Å². The predicted molar refractivity (Wildman–Crippen MR) is 74.6 cm³/mol. The van der Waals surface area contributed by atoms with Gasteiger partial charge in [0.05, 0.1) is 11.7 Å². The number of aliphatic hydroxyl groups excluding tert-OH is 1. The molecule has 112 valence electrons. The highest BCUT2D eigenvalue weighted by atomic mass is 19.4. The Morgan fingerprint density at radius 1 is 0.952 bits per heavy atom. The molecule has 0 aliphatic heterocycles. The third-order valence-corrected chi connectivity index (χ3v) is 3.13. The van der Waals surface area contributed by atoms with E-state index in [9.17, 15) is 18.3 Å². The maximum atomic E-state index is 12.4. The van der Waals surface area contributed by atoms with Gasteiger partial charge in [0.1, 0.15) is 0 Å². The minimum Gasteiger partial charge on any atom is -0.387 e. The van der Waals surface area contributed by atoms with Crippen LogP contribution >= 0.6 is 0 Å². The number of alkyl halides is 3. The van der Waals surface area contributed by atoms with Crippen LogP contribution in [-0.4, -0.2) is 11.7 Å². The summed E-state index contributed by atoms with van der Waals surface area (Å²) in [5.41, 5.74) is 0.830. The Balaban J connectivity index is 1.87. The molecule has 0 aromatic heterocycles. The molecule has 0 bridgehead atoms. The van der Waals surface area contributed by atoms with E-state index in [1.807, 2.05) is 30.3 Å². The molecule has 2 rings (SSSR count). The van der Waals surface area contributed by atoms with Gasteiger partial charge < -0.3 is 10.4 Å². The Kier molecular flexibility index (Phi) is 4.98. The molecule has 0 heterocycles. The lowest BCUT2D eigenvalue weighted by Gasteiger charge is -2.13. The minimum absolute atomic E-state index is 0.278. The second kappa shape index (κ2) is 6.74. The fourth-order valence-corrected chi connectivity index (χ4v) is 1.96. The highest BCUT2D eigenvalue weighted by Gasteiger charge is 2.30. The van der Waals surface area contributed by atoms with Gasteiger partial charge in [-0.15, -0.1) is 0 Å². The summed E-state index contributed by atoms with van der Waals surface area (Å²) in [6, 6.07) is 14.2. The Morgan fingerprint density at radius 3 is 2.14 bits per heavy atom. The van der Waals surface area contributed by atoms with Crippen molar-refractivity contribution >= 4 is 0 Å². The molecule has 2 aromatic rings. The van der Waals surface area contributed by atoms with Crippen molar-refractivity contribution in [2.45, 2.75) is 18.8 Å². The van der Waals surface area contributed by atoms with Crippen LogP contribution in [-0.2, 0) is 12.7 Å². The van der Waals surface area contributed by atoms with Gasteiger partial charge in [-0.1, -0.05) is 42.5 Å². The molecule has 0 saturated heterocycles. The maximum Gasteiger partial charge on any atom is 0.416 e. The zero-order valence-corrected chi connectivity index (χ0v) is 11.3. The zero-order valence-electron chi connectivity index (χ0n) is 11.3. The second-order valence-corrected chi connectivity index (χ2v) is 4.75. The van der Waals surface area contributed by atoms with E-state index >= 15 is 0 Å². The maximum absolute atomic E-state index is 12.4. The van der Waals surface area contributed by atoms with Gasteiger partial charge in [-0.25, -0.2) is 0 Å². The lowest BCUT2D eigenvalue weighted by Crippen LogP contribution is -2.21. The summed E-state index contributed by atoms with van der Waals surface area (Å²) < 4.78 is 37.3. The molecular formula is C16H16F3NO. The number of hydrogen-bond donors (Lipinski definition) is 2. The summed E-state index contributed by atoms with van der Waals surface area (Å²) in [7, 11) is 0. The number of halogens is 3. The van der Waals surface area contributed by atoms with Crippen LogP contribution in [0.2, 0.25) is 0 Å². The van der Waals surface area contributed by atoms with E-state index in [1.165, 1.54) is 12.1 Å². The lowest BCUT2D eigenvalue weighted by atomic mass is 10.1. The van der Waals surface area contributed by atoms with Crippen molar-refractivity contribution in [3.63, 3.8) is 0 Å². The van der Waals surface area contributed by atoms with E-state index in [0.29, 0.717) is 12.1 Å². The van der Waals surface area contributed by atoms with Gasteiger partial charge in [0, 0.05) is 13.1 Å². The lowest BCUT2D eigenvalue weighted by molar-refractivity contribution is -0.137. The van der Waals surface area contributed by atoms with Crippen molar-refractivity contribution in [1.82, 2.24) is 5.32 Å². The van der Waals surface area contributed by atoms with Gasteiger partial charge in [0.25, 0.3) is 0 Å². The molecule has 0 fully saturated rings. The van der Waals surface area contributed by atoms with E-state index < -0.39 is 17.8 Å². The smallest absolute Gasteiger partial charge is 0.387 e. The number of hydrogen-bond acceptors (Lipinski definition) is 2. The molecule has 2 N–H and O–H groups in total. The number of nitrogens with one attached hydrogen (secondary N) is 1. The van der Waals surface area contributed by atoms with Gasteiger partial charge >= 0.3 is 6.18 Å². The highest BCUT2D eigenvalue weighted by molar-refractivity contribution is 5.26. The van der Waals surface area contributed by atoms with Gasteiger partial charge in [0.15, 0.2) is 0 Å². The normalized spacial score (nSPS) is 13.1. The second-order valence-electron chi connectivity index (χ2n) is 4.75. The van der Waals surface area contributed by atoms with Crippen molar-refractivity contribution in [2.24, 2.45) is 0 Å². The zero-order chi connectivity index (χ0) is 15.3. The molecule has 0 spiro atoms. The standard InChI is InChI=1S/C16H16F3NO/c17-16(18,19)14-8-6-13(7-9-14)15(21)11-20-10-12-4-2-1-3-5-12/h1-9,15,20-21H,10-11H2. The minimum atomic E-state index is -4.35. The van der Waals surface area contributed by atoms with E-state index in [2.05, 4.69) is 5.32 Å². The summed E-state index contributed by atoms with van der Waals surface area (Å²) >= 11 is 0. The van der Waals surface area contributed by atoms with Crippen LogP contribution in [0.4, 0.5) is 13.2 Å². The Hall–Kier alpha value is -1.85. The van der Waals surface area contributed by atoms with Crippen LogP contribution in [0.5, 0.6) is 0 Å². The summed E-state index contributed by atoms with van der Waals surface area (Å²) in [5.74, 6) is 0. The molecule has 5 heteroatoms. The highest BCUT2D eigenvalue weighted by Crippen LogP contribution is 2.29. The first-order chi connectivity index (χ1) is 9.97. The van der Waals surface area contributed by atoms with Crippen molar-refractivity contribution in [3.05, 3.63) is 71.3 Å². The molecule has 0 aliphatic carbocycles. The third-order valence-electron chi connectivity index (χ3n) is 3.13. The van der Waals surface area contributed by atoms with Gasteiger partial charge in [0.2, 0.25) is 0 Å². The van der Waals surface area contributed by atoms with Gasteiger partial charge in [-0.3, -0.25) is 0 Å². The van der Waals surface area contributed by atoms with Crippen molar-refractivity contribution in [1.29, 1.82) is 0 Å². The SMILES string of the molecule is OC(CNCc1ccccc1)c1ccc(C(F)(F)F)cc1. The van der Waals surface area contributed by atoms with Crippen molar-refractivity contribution < 1.29 is 18.3 Å². The van der Waals surface area contributed by atoms with Crippen LogP contribution < -0.4 is 5.32 Å². The molecule has 0 saturated carbocycles. The van der Waals surface area contributed by atoms with Gasteiger partial charge in [-0.2, -0.15) is 13.2 Å².